The van der Waals surface area contributed by atoms with E-state index in [4.69, 9.17) is 0 Å². The van der Waals surface area contributed by atoms with Gasteiger partial charge in [-0.05, 0) is 0 Å². The van der Waals surface area contributed by atoms with Gasteiger partial charge < -0.3 is 0 Å². The summed E-state index contributed by atoms with van der Waals surface area (Å²) in [6.45, 7) is 0. The monoisotopic (exact) mass is 5710 g/mol. The Morgan fingerprint density at radius 3 is 0.0140 bits per heavy atom. The SMILES string of the molecule is Cl.Cl.[KH].[KH].[KH].[KH].[KH].[KH].[KH].[KH].[KH].[KH].[KH].[KH].[KH].[KH].[KH].[KH].[KH].[KH].[KH].[KH].[KH].[KH].[KH].[KH].[KH].[KH].[KH].[KH].[KH].[KH].[KH].[KH].[KH].[KH].[KH].[KH].[KH].[KH].[KH].[KH].[KH].[KH].[KH].[KH].[KH].[KH].[KH].[KH].[KH].[KH].[KH].[KH].[KH].[KH].[KH].[KH].[KH].[KH].[KH].[KH].[KH].[KH].[KH].[KH].[KH].[KH].[KH].[KH].[KH].[KH].[KH].[KH].[KH].[KH].[KH].[KH].[KH].[KH].[KH].[KH].[KH].[KH].[KH].[KH].[KH].[KH].[KH].[KH].[KH].[KH].[KH].[KH].[KH].[KH].[KH].[KH].[KH].[KH].[KH].[KH].[KH].[KH].[KH].[KH].[KH].[KH].[KH].[KH].[KH].[KH].[KH].[KH].[KH].[KH].[KH].[KH].[KH].[KH].[KH].[KH].[KH].[KH].[KH].[KH].[KH].[KH].[KH].[KH].[KH].[KH].[KH].[KH].[KH].[KH].[KH].[KH].[KH].[KH].[KH].[KH].[KH]. The molecule has 0 amide bonds. The Hall–Kier alpha value is 231. The van der Waals surface area contributed by atoms with Crippen molar-refractivity contribution in [1.29, 1.82) is 0 Å². The molecule has 0 saturated carbocycles. The van der Waals surface area contributed by atoms with E-state index < -0.39 is 0 Å². The maximum atomic E-state index is 0. The fraction of sp³-hybridized carbons (Fsp3) is 0. The molecular weight excluding hydrogens is 5580 g/mol. The zero-order valence-corrected chi connectivity index (χ0v) is 2.45. The summed E-state index contributed by atoms with van der Waals surface area (Å²) in [5, 5.41) is 0. The molecule has 0 aromatic rings. The molecule has 0 spiro atoms. The van der Waals surface area contributed by atoms with Crippen LogP contribution >= 0.6 is 24.8 Å². The van der Waals surface area contributed by atoms with Crippen molar-refractivity contribution < 1.29 is 0 Å². The first-order valence-corrected chi connectivity index (χ1v) is 0. The van der Waals surface area contributed by atoms with Crippen LogP contribution in [-0.2, 0) is 0 Å². The third-order valence-electron chi connectivity index (χ3n) is 0. The first-order valence-electron chi connectivity index (χ1n) is 0. The fourth-order valence-corrected chi connectivity index (χ4v) is 0. The van der Waals surface area contributed by atoms with Crippen molar-refractivity contribution in [2.24, 2.45) is 0 Å². The first-order chi connectivity index (χ1) is 0. The van der Waals surface area contributed by atoms with Gasteiger partial charge in [-0.1, -0.05) is 0 Å². The molecule has 0 heterocycles. The molecule has 143 heavy (non-hydrogen) atoms. The topological polar surface area (TPSA) is 0 Å². The molecule has 0 aromatic carbocycles. The molecule has 0 aliphatic carbocycles. The summed E-state index contributed by atoms with van der Waals surface area (Å²) >= 11 is 0. The molecular formula is H143Cl2K141. The van der Waals surface area contributed by atoms with Gasteiger partial charge in [0.2, 0.25) is 0 Å². The van der Waals surface area contributed by atoms with Crippen molar-refractivity contribution in [3.63, 3.8) is 0 Å². The molecule has 0 rings (SSSR count). The van der Waals surface area contributed by atoms with Gasteiger partial charge in [-0.2, -0.15) is 0 Å². The Kier molecular flexibility index (Phi) is 6590. The van der Waals surface area contributed by atoms with Crippen molar-refractivity contribution in [2.45, 2.75) is 0 Å². The van der Waals surface area contributed by atoms with Crippen LogP contribution in [0.3, 0.4) is 0 Å². The Bertz CT molecular complexity index is 15.2. The van der Waals surface area contributed by atoms with Gasteiger partial charge in [0.15, 0.2) is 0 Å². The van der Waals surface area contributed by atoms with E-state index in [9.17, 15) is 0 Å². The van der Waals surface area contributed by atoms with Crippen LogP contribution in [-0.4, -0.2) is 7250 Å². The van der Waals surface area contributed by atoms with E-state index in [1.165, 1.54) is 0 Å². The van der Waals surface area contributed by atoms with Crippen molar-refractivity contribution in [3.05, 3.63) is 0 Å². The normalized spacial score (nSPS) is 0. The summed E-state index contributed by atoms with van der Waals surface area (Å²) in [4.78, 5) is 0. The molecule has 143 heteroatoms. The number of rotatable bonds is 0. The second kappa shape index (κ2) is 967. The van der Waals surface area contributed by atoms with Gasteiger partial charge in [0.1, 0.15) is 0 Å². The van der Waals surface area contributed by atoms with Gasteiger partial charge in [0.25, 0.3) is 0 Å². The molecule has 0 bridgehead atoms. The maximum absolute atomic E-state index is 0. The molecule has 0 unspecified atom stereocenters. The summed E-state index contributed by atoms with van der Waals surface area (Å²) in [5.74, 6) is 0. The predicted octanol–water partition coefficient (Wildman–Crippen LogP) is -90.6. The van der Waals surface area contributed by atoms with Crippen molar-refractivity contribution in [1.82, 2.24) is 0 Å². The van der Waals surface area contributed by atoms with E-state index in [1.807, 2.05) is 0 Å². The molecule has 0 aromatic heterocycles. The van der Waals surface area contributed by atoms with Gasteiger partial charge >= 0.3 is 7250 Å². The summed E-state index contributed by atoms with van der Waals surface area (Å²) < 4.78 is 0. The van der Waals surface area contributed by atoms with Crippen LogP contribution in [0, 0.1) is 0 Å². The Balaban J connectivity index is 0. The van der Waals surface area contributed by atoms with E-state index >= 15 is 0 Å². The van der Waals surface area contributed by atoms with Crippen molar-refractivity contribution in [3.8, 4) is 0 Å². The van der Waals surface area contributed by atoms with Gasteiger partial charge in [-0.15, -0.1) is 24.8 Å². The van der Waals surface area contributed by atoms with Crippen LogP contribution in [0.1, 0.15) is 0 Å². The Labute approximate surface area is 6920 Å². The summed E-state index contributed by atoms with van der Waals surface area (Å²) in [5.41, 5.74) is 0. The Morgan fingerprint density at radius 2 is 0.0140 bits per heavy atom. The van der Waals surface area contributed by atoms with E-state index in [0.717, 1.165) is 0 Å². The average molecular weight is 5730 g/mol. The molecule has 0 N–H and O–H groups in total. The molecule has 0 radical (unpaired) electrons. The van der Waals surface area contributed by atoms with Crippen molar-refractivity contribution >= 4 is 7270 Å². The first kappa shape index (κ1) is 975. The standard InChI is InChI=1S/2ClH.141K.141H/h2*1H;;;;;;;;;;;;;;;;;;;;;;;;;;;;;;;;;;;;;;;;;;;;;;;;;;;;;;;;;;;;;;;;;;;;;;;;;;;;;;;;;;;;;;;;;;;;;;;;;;;;;;;;;;;;;;;;;;;;;;;;;;;;;;;;;;;;;;;;;;;;;;;;;;;;;;;;;;;;;;;;;;;;;;;;;;;;;;;;;;;;;;;;;;;;;;;;;;;;;;;;;;;;;;;;;;;;;;;;;;;;;;;;;;;;;;;;;;;;;;;;;;;;;;;;;;;;;;;;;;;;;;;;;;;;;;;;;;;;;;;;;;. The quantitative estimate of drug-likeness (QED) is 0.212. The average Bonchev–Trinajstić information content (AvgIpc) is 0. The van der Waals surface area contributed by atoms with Gasteiger partial charge in [-0.25, -0.2) is 0 Å². The van der Waals surface area contributed by atoms with E-state index in [2.05, 4.69) is 0 Å². The number of halogens is 2. The third kappa shape index (κ3) is 962. The van der Waals surface area contributed by atoms with Crippen molar-refractivity contribution in [2.75, 3.05) is 0 Å². The second-order valence-electron chi connectivity index (χ2n) is 0. The minimum absolute atomic E-state index is 0. The Morgan fingerprint density at radius 1 is 0.0140 bits per heavy atom. The molecule has 0 nitrogen and oxygen atoms in total. The number of hydrogen-bond donors (Lipinski definition) is 0. The van der Waals surface area contributed by atoms with Crippen LogP contribution in [0.5, 0.6) is 0 Å². The zero-order valence-electron chi connectivity index (χ0n) is 0.816. The predicted molar refractivity (Wildman–Crippen MR) is 1020 cm³/mol. The molecule has 298 valence electrons. The van der Waals surface area contributed by atoms with Gasteiger partial charge in [0.05, 0.1) is 0 Å². The zero-order chi connectivity index (χ0) is 0. The summed E-state index contributed by atoms with van der Waals surface area (Å²) in [6.07, 6.45) is 0. The van der Waals surface area contributed by atoms with Crippen LogP contribution in [0.2, 0.25) is 0 Å². The van der Waals surface area contributed by atoms with Crippen LogP contribution in [0.15, 0.2) is 0 Å². The molecule has 0 fully saturated rings. The second-order valence-corrected chi connectivity index (χ2v) is 0. The molecule has 0 aliphatic rings. The minimum atomic E-state index is 0. The van der Waals surface area contributed by atoms with Crippen LogP contribution in [0.4, 0.5) is 0 Å². The molecule has 0 aliphatic heterocycles. The van der Waals surface area contributed by atoms with E-state index in [0.29, 0.717) is 0 Å². The third-order valence-corrected chi connectivity index (χ3v) is 0. The van der Waals surface area contributed by atoms with E-state index in [-0.39, 0.29) is 7270 Å². The molecule has 0 saturated heterocycles. The number of hydrogen-bond acceptors (Lipinski definition) is 0. The molecule has 0 atom stereocenters. The van der Waals surface area contributed by atoms with Gasteiger partial charge in [-0.3, -0.25) is 0 Å². The van der Waals surface area contributed by atoms with E-state index in [1.54, 1.807) is 0 Å². The van der Waals surface area contributed by atoms with Crippen LogP contribution in [0.25, 0.3) is 0 Å². The fourth-order valence-electron chi connectivity index (χ4n) is 0. The van der Waals surface area contributed by atoms with Crippen LogP contribution < -0.4 is 0 Å². The van der Waals surface area contributed by atoms with Gasteiger partial charge in [0, 0.05) is 0 Å². The summed E-state index contributed by atoms with van der Waals surface area (Å²) in [7, 11) is 0. The summed E-state index contributed by atoms with van der Waals surface area (Å²) in [6, 6.07) is 0.